The molecular formula is C25H34O11. The molecule has 0 bridgehead atoms. The van der Waals surface area contributed by atoms with Crippen LogP contribution in [-0.2, 0) is 42.8 Å². The standard InChI is InChI=1S/C25H34O11/c1-8-13-20(33-12(5)27)25(30)10(3)23(29)36-22(25)16(31-7)9(2)15-17(34-15)19(28)24(13,6)21-18(35-21)14(8)32-11(4)26/h8,10,13-22,28,30H,2H2,1,3-7H3/t8-,10+,13-,14-,15-,16-,17-,18+,19+,20+,21+,22-,24+,25-/m1/s1. The van der Waals surface area contributed by atoms with Gasteiger partial charge in [-0.05, 0) is 12.5 Å². The van der Waals surface area contributed by atoms with Crippen LogP contribution in [0.2, 0.25) is 0 Å². The lowest BCUT2D eigenvalue weighted by Crippen LogP contribution is -2.69. The molecule has 3 aliphatic heterocycles. The van der Waals surface area contributed by atoms with Crippen LogP contribution < -0.4 is 0 Å². The van der Waals surface area contributed by atoms with Gasteiger partial charge < -0.3 is 38.6 Å². The first-order chi connectivity index (χ1) is 16.8. The number of methoxy groups -OCH3 is 1. The number of fused-ring (bicyclic) bond motifs is 5. The summed E-state index contributed by atoms with van der Waals surface area (Å²) >= 11 is 0. The van der Waals surface area contributed by atoms with E-state index < -0.39 is 102 Å². The summed E-state index contributed by atoms with van der Waals surface area (Å²) in [5.74, 6) is -4.41. The molecule has 3 heterocycles. The fourth-order valence-corrected chi connectivity index (χ4v) is 7.22. The predicted molar refractivity (Wildman–Crippen MR) is 119 cm³/mol. The molecule has 0 unspecified atom stereocenters. The first kappa shape index (κ1) is 25.6. The molecule has 200 valence electrons. The fraction of sp³-hybridized carbons (Fsp3) is 0.800. The maximum atomic E-state index is 12.9. The van der Waals surface area contributed by atoms with Crippen molar-refractivity contribution < 1.29 is 53.0 Å². The third kappa shape index (κ3) is 3.32. The number of carbonyl (C=O) groups excluding carboxylic acids is 3. The topological polar surface area (TPSA) is 154 Å². The van der Waals surface area contributed by atoms with Gasteiger partial charge in [-0.2, -0.15) is 0 Å². The molecule has 2 N–H and O–H groups in total. The SMILES string of the molecule is C=C1[C@H]2O[C@H]2[C@H](O)[C@]2(C)[C@H]([C@@H](C)[C@@H](OC(C)=O)[C@@H]3O[C@@H]32)[C@H](OC(C)=O)[C@@]2(O)[C@H](OC(=O)[C@@H]2C)[C@@H]1OC. The number of rotatable bonds is 3. The summed E-state index contributed by atoms with van der Waals surface area (Å²) in [5.41, 5.74) is -2.80. The van der Waals surface area contributed by atoms with Crippen LogP contribution >= 0.6 is 0 Å². The second-order valence-electron chi connectivity index (χ2n) is 11.0. The average molecular weight is 511 g/mol. The fourth-order valence-electron chi connectivity index (χ4n) is 7.22. The summed E-state index contributed by atoms with van der Waals surface area (Å²) in [6.07, 6.45) is -7.82. The van der Waals surface area contributed by atoms with E-state index >= 15 is 0 Å². The van der Waals surface area contributed by atoms with Crippen molar-refractivity contribution in [3.63, 3.8) is 0 Å². The van der Waals surface area contributed by atoms with Gasteiger partial charge in [-0.1, -0.05) is 20.4 Å². The molecule has 0 aromatic heterocycles. The summed E-state index contributed by atoms with van der Waals surface area (Å²) in [5, 5.41) is 24.1. The summed E-state index contributed by atoms with van der Waals surface area (Å²) < 4.78 is 34.7. The minimum atomic E-state index is -2.07. The molecule has 3 saturated heterocycles. The average Bonchev–Trinajstić information content (AvgIpc) is 3.71. The predicted octanol–water partition coefficient (Wildman–Crippen LogP) is -0.105. The second-order valence-corrected chi connectivity index (χ2v) is 11.0. The van der Waals surface area contributed by atoms with Gasteiger partial charge in [-0.3, -0.25) is 14.4 Å². The molecule has 0 aromatic rings. The quantitative estimate of drug-likeness (QED) is 0.226. The van der Waals surface area contributed by atoms with E-state index in [0.717, 1.165) is 0 Å². The van der Waals surface area contributed by atoms with Crippen molar-refractivity contribution in [1.82, 2.24) is 0 Å². The van der Waals surface area contributed by atoms with Crippen LogP contribution in [0.15, 0.2) is 12.2 Å². The number of carbonyl (C=O) groups is 3. The van der Waals surface area contributed by atoms with Gasteiger partial charge in [0.25, 0.3) is 0 Å². The zero-order valence-electron chi connectivity index (χ0n) is 21.2. The first-order valence-corrected chi connectivity index (χ1v) is 12.3. The number of aliphatic hydroxyl groups excluding tert-OH is 1. The van der Waals surface area contributed by atoms with Gasteiger partial charge in [0.2, 0.25) is 0 Å². The van der Waals surface area contributed by atoms with Crippen LogP contribution in [-0.4, -0.2) is 95.8 Å². The Morgan fingerprint density at radius 3 is 2.28 bits per heavy atom. The van der Waals surface area contributed by atoms with E-state index in [-0.39, 0.29) is 0 Å². The lowest BCUT2D eigenvalue weighted by Gasteiger charge is -2.54. The van der Waals surface area contributed by atoms with Gasteiger partial charge in [-0.25, -0.2) is 0 Å². The summed E-state index contributed by atoms with van der Waals surface area (Å²) in [7, 11) is 1.39. The number of hydrogen-bond donors (Lipinski definition) is 2. The highest BCUT2D eigenvalue weighted by Crippen LogP contribution is 2.63. The first-order valence-electron chi connectivity index (χ1n) is 12.3. The van der Waals surface area contributed by atoms with Crippen LogP contribution in [0, 0.1) is 23.2 Å². The second kappa shape index (κ2) is 8.22. The number of ether oxygens (including phenoxy) is 6. The monoisotopic (exact) mass is 510 g/mol. The lowest BCUT2D eigenvalue weighted by molar-refractivity contribution is -0.231. The summed E-state index contributed by atoms with van der Waals surface area (Å²) in [4.78, 5) is 37.3. The van der Waals surface area contributed by atoms with Gasteiger partial charge >= 0.3 is 17.9 Å². The highest BCUT2D eigenvalue weighted by molar-refractivity contribution is 5.77. The van der Waals surface area contributed by atoms with Crippen molar-refractivity contribution in [3.05, 3.63) is 12.2 Å². The highest BCUT2D eigenvalue weighted by Gasteiger charge is 2.77. The van der Waals surface area contributed by atoms with Crippen molar-refractivity contribution in [3.8, 4) is 0 Å². The molecule has 2 aliphatic carbocycles. The van der Waals surface area contributed by atoms with Gasteiger partial charge in [0, 0.05) is 38.2 Å². The third-order valence-corrected chi connectivity index (χ3v) is 9.12. The Balaban J connectivity index is 1.73. The van der Waals surface area contributed by atoms with Gasteiger partial charge in [0.1, 0.15) is 36.6 Å². The molecule has 0 radical (unpaired) electrons. The van der Waals surface area contributed by atoms with Crippen molar-refractivity contribution in [2.24, 2.45) is 23.2 Å². The summed E-state index contributed by atoms with van der Waals surface area (Å²) in [6.45, 7) is 11.7. The molecule has 0 spiro atoms. The maximum absolute atomic E-state index is 12.9. The number of aliphatic hydroxyl groups is 2. The van der Waals surface area contributed by atoms with Crippen LogP contribution in [0.25, 0.3) is 0 Å². The zero-order valence-corrected chi connectivity index (χ0v) is 21.2. The number of epoxide rings is 2. The van der Waals surface area contributed by atoms with E-state index in [1.807, 2.05) is 0 Å². The Morgan fingerprint density at radius 2 is 1.69 bits per heavy atom. The van der Waals surface area contributed by atoms with E-state index in [2.05, 4.69) is 6.58 Å². The minimum Gasteiger partial charge on any atom is -0.459 e. The molecule has 5 fully saturated rings. The van der Waals surface area contributed by atoms with E-state index in [0.29, 0.717) is 5.57 Å². The number of hydrogen-bond acceptors (Lipinski definition) is 11. The maximum Gasteiger partial charge on any atom is 0.312 e. The van der Waals surface area contributed by atoms with Gasteiger partial charge in [0.05, 0.1) is 18.1 Å². The summed E-state index contributed by atoms with van der Waals surface area (Å²) in [6, 6.07) is 0. The van der Waals surface area contributed by atoms with Gasteiger partial charge in [-0.15, -0.1) is 0 Å². The van der Waals surface area contributed by atoms with Crippen molar-refractivity contribution >= 4 is 17.9 Å². The zero-order chi connectivity index (χ0) is 26.5. The van der Waals surface area contributed by atoms with E-state index in [9.17, 15) is 24.6 Å². The minimum absolute atomic E-state index is 0.394. The molecule has 36 heavy (non-hydrogen) atoms. The normalized spacial score (nSPS) is 53.1. The Morgan fingerprint density at radius 1 is 1.06 bits per heavy atom. The van der Waals surface area contributed by atoms with E-state index in [1.165, 1.54) is 27.9 Å². The molecule has 5 rings (SSSR count). The Bertz CT molecular complexity index is 996. The molecule has 0 amide bonds. The molecule has 0 aromatic carbocycles. The van der Waals surface area contributed by atoms with Gasteiger partial charge in [0.15, 0.2) is 11.7 Å². The highest BCUT2D eigenvalue weighted by atomic mass is 16.6. The Kier molecular flexibility index (Phi) is 5.85. The molecule has 5 aliphatic rings. The molecule has 14 atom stereocenters. The molecule has 2 saturated carbocycles. The molecular weight excluding hydrogens is 476 g/mol. The van der Waals surface area contributed by atoms with Crippen LogP contribution in [0.1, 0.15) is 34.6 Å². The number of esters is 3. The van der Waals surface area contributed by atoms with Crippen LogP contribution in [0.4, 0.5) is 0 Å². The van der Waals surface area contributed by atoms with Crippen LogP contribution in [0.5, 0.6) is 0 Å². The smallest absolute Gasteiger partial charge is 0.312 e. The van der Waals surface area contributed by atoms with Crippen LogP contribution in [0.3, 0.4) is 0 Å². The van der Waals surface area contributed by atoms with Crippen molar-refractivity contribution in [2.45, 2.75) is 95.2 Å². The van der Waals surface area contributed by atoms with E-state index in [1.54, 1.807) is 13.8 Å². The Hall–Kier alpha value is -2.05. The lowest BCUT2D eigenvalue weighted by atomic mass is 9.53. The van der Waals surface area contributed by atoms with Crippen molar-refractivity contribution in [2.75, 3.05) is 7.11 Å². The van der Waals surface area contributed by atoms with E-state index in [4.69, 9.17) is 28.4 Å². The largest absolute Gasteiger partial charge is 0.459 e. The third-order valence-electron chi connectivity index (χ3n) is 9.12. The Labute approximate surface area is 209 Å². The molecule has 11 heteroatoms. The van der Waals surface area contributed by atoms with Crippen molar-refractivity contribution in [1.29, 1.82) is 0 Å². The molecule has 11 nitrogen and oxygen atoms in total.